The lowest BCUT2D eigenvalue weighted by Crippen LogP contribution is -2.06. The molecule has 0 atom stereocenters. The topological polar surface area (TPSA) is 48.3 Å². The summed E-state index contributed by atoms with van der Waals surface area (Å²) < 4.78 is 7.05. The Labute approximate surface area is 184 Å². The summed E-state index contributed by atoms with van der Waals surface area (Å²) in [5.74, 6) is 0.418. The van der Waals surface area contributed by atoms with Crippen LogP contribution in [-0.4, -0.2) is 22.9 Å². The van der Waals surface area contributed by atoms with Crippen molar-refractivity contribution >= 4 is 28.7 Å². The molecule has 0 saturated carbocycles. The molecule has 0 amide bonds. The molecule has 4 nitrogen and oxygen atoms in total. The van der Waals surface area contributed by atoms with Gasteiger partial charge in [0.05, 0.1) is 6.61 Å². The van der Waals surface area contributed by atoms with Gasteiger partial charge in [-0.15, -0.1) is 0 Å². The largest absolute Gasteiger partial charge is 0.466 e. The van der Waals surface area contributed by atoms with Crippen LogP contribution in [0.2, 0.25) is 0 Å². The van der Waals surface area contributed by atoms with Gasteiger partial charge in [0.25, 0.3) is 0 Å². The number of nitrogens with zero attached hydrogens (tertiary/aromatic N) is 1. The van der Waals surface area contributed by atoms with Crippen molar-refractivity contribution in [2.24, 2.45) is 5.92 Å². The number of aromatic nitrogens is 1. The maximum atomic E-state index is 13.0. The van der Waals surface area contributed by atoms with Gasteiger partial charge < -0.3 is 9.30 Å². The first kappa shape index (κ1) is 22.5. The molecule has 2 aromatic carbocycles. The molecule has 0 N–H and O–H groups in total. The second kappa shape index (κ2) is 10.8. The minimum Gasteiger partial charge on any atom is -0.466 e. The highest BCUT2D eigenvalue weighted by atomic mass is 16.5. The maximum absolute atomic E-state index is 13.0. The first-order valence-corrected chi connectivity index (χ1v) is 11.0. The van der Waals surface area contributed by atoms with E-state index in [1.54, 1.807) is 6.08 Å². The molecule has 0 fully saturated rings. The summed E-state index contributed by atoms with van der Waals surface area (Å²) in [4.78, 5) is 24.6. The Morgan fingerprint density at radius 2 is 1.81 bits per heavy atom. The van der Waals surface area contributed by atoms with Crippen LogP contribution < -0.4 is 0 Å². The van der Waals surface area contributed by atoms with Gasteiger partial charge in [-0.25, -0.2) is 0 Å². The van der Waals surface area contributed by atoms with Crippen molar-refractivity contribution in [3.8, 4) is 0 Å². The molecule has 0 saturated heterocycles. The number of allylic oxidation sites excluding steroid dienone is 1. The summed E-state index contributed by atoms with van der Waals surface area (Å²) in [5, 5.41) is 0.931. The van der Waals surface area contributed by atoms with Crippen LogP contribution in [-0.2, 0) is 22.5 Å². The van der Waals surface area contributed by atoms with E-state index in [9.17, 15) is 9.59 Å². The average Bonchev–Trinajstić information content (AvgIpc) is 3.12. The number of esters is 1. The molecular weight excluding hydrogens is 386 g/mol. The number of benzene rings is 2. The third kappa shape index (κ3) is 6.17. The van der Waals surface area contributed by atoms with Gasteiger partial charge in [0.1, 0.15) is 0 Å². The first-order chi connectivity index (χ1) is 15.0. The quantitative estimate of drug-likeness (QED) is 0.228. The molecule has 0 aliphatic heterocycles. The molecule has 0 bridgehead atoms. The van der Waals surface area contributed by atoms with Crippen LogP contribution in [0.1, 0.15) is 55.1 Å². The monoisotopic (exact) mass is 417 g/mol. The summed E-state index contributed by atoms with van der Waals surface area (Å²) in [6.07, 6.45) is 7.50. The number of rotatable bonds is 10. The molecule has 0 aliphatic carbocycles. The Balaban J connectivity index is 1.73. The zero-order chi connectivity index (χ0) is 22.2. The van der Waals surface area contributed by atoms with Crippen molar-refractivity contribution in [1.29, 1.82) is 0 Å². The number of carbonyl (C=O) groups is 2. The van der Waals surface area contributed by atoms with Gasteiger partial charge in [0, 0.05) is 35.6 Å². The van der Waals surface area contributed by atoms with Gasteiger partial charge in [0.2, 0.25) is 0 Å². The molecule has 0 unspecified atom stereocenters. The van der Waals surface area contributed by atoms with Crippen molar-refractivity contribution in [3.05, 3.63) is 77.5 Å². The third-order valence-corrected chi connectivity index (χ3v) is 5.19. The zero-order valence-electron chi connectivity index (χ0n) is 18.6. The first-order valence-electron chi connectivity index (χ1n) is 11.0. The zero-order valence-corrected chi connectivity index (χ0v) is 18.6. The number of ketones is 1. The highest BCUT2D eigenvalue weighted by Gasteiger charge is 2.13. The number of hydrogen-bond acceptors (Lipinski definition) is 3. The molecule has 0 spiro atoms. The Bertz CT molecular complexity index is 1060. The molecule has 0 radical (unpaired) electrons. The molecule has 4 heteroatoms. The summed E-state index contributed by atoms with van der Waals surface area (Å²) >= 11 is 0. The fourth-order valence-electron chi connectivity index (χ4n) is 3.75. The van der Waals surface area contributed by atoms with E-state index in [2.05, 4.69) is 42.7 Å². The number of fused-ring (bicyclic) bond motifs is 1. The van der Waals surface area contributed by atoms with E-state index < -0.39 is 0 Å². The number of aryl methyl sites for hydroxylation is 1. The van der Waals surface area contributed by atoms with Crippen molar-refractivity contribution in [2.45, 2.75) is 46.6 Å². The lowest BCUT2D eigenvalue weighted by molar-refractivity contribution is -0.143. The predicted molar refractivity (Wildman–Crippen MR) is 126 cm³/mol. The highest BCUT2D eigenvalue weighted by Crippen LogP contribution is 2.23. The van der Waals surface area contributed by atoms with Crippen molar-refractivity contribution < 1.29 is 14.3 Å². The van der Waals surface area contributed by atoms with E-state index in [0.717, 1.165) is 22.9 Å². The highest BCUT2D eigenvalue weighted by molar-refractivity contribution is 6.14. The van der Waals surface area contributed by atoms with E-state index in [-0.39, 0.29) is 11.8 Å². The Hall–Kier alpha value is -3.14. The summed E-state index contributed by atoms with van der Waals surface area (Å²) in [6, 6.07) is 16.2. The number of para-hydroxylation sites is 1. The summed E-state index contributed by atoms with van der Waals surface area (Å²) in [6.45, 7) is 7.28. The standard InChI is InChI=1S/C27H31NO3/c1-4-31-27(30)10-7-17-28-19-24(23-8-5-6-9-25(23)28)26(29)16-15-21-11-13-22(14-12-21)18-20(2)3/h5-6,8-9,11-16,19-20H,4,7,10,17-18H2,1-3H3. The van der Waals surface area contributed by atoms with E-state index in [0.29, 0.717) is 37.5 Å². The number of hydrogen-bond donors (Lipinski definition) is 0. The predicted octanol–water partition coefficient (Wildman–Crippen LogP) is 6.08. The van der Waals surface area contributed by atoms with Crippen molar-refractivity contribution in [2.75, 3.05) is 6.61 Å². The normalized spacial score (nSPS) is 11.5. The van der Waals surface area contributed by atoms with Gasteiger partial charge in [-0.05, 0) is 49.0 Å². The van der Waals surface area contributed by atoms with Gasteiger partial charge in [0.15, 0.2) is 5.78 Å². The van der Waals surface area contributed by atoms with Crippen molar-refractivity contribution in [3.63, 3.8) is 0 Å². The maximum Gasteiger partial charge on any atom is 0.305 e. The number of ether oxygens (including phenoxy) is 1. The fourth-order valence-corrected chi connectivity index (χ4v) is 3.75. The molecule has 162 valence electrons. The summed E-state index contributed by atoms with van der Waals surface area (Å²) in [7, 11) is 0. The Kier molecular flexibility index (Phi) is 7.82. The second-order valence-electron chi connectivity index (χ2n) is 8.20. The Morgan fingerprint density at radius 3 is 2.52 bits per heavy atom. The molecule has 3 aromatic rings. The van der Waals surface area contributed by atoms with Gasteiger partial charge in [-0.3, -0.25) is 9.59 Å². The minimum atomic E-state index is -0.183. The van der Waals surface area contributed by atoms with Crippen molar-refractivity contribution in [1.82, 2.24) is 4.57 Å². The molecule has 1 heterocycles. The van der Waals surface area contributed by atoms with Crippen LogP contribution in [0.5, 0.6) is 0 Å². The van der Waals surface area contributed by atoms with Crippen LogP contribution in [0.4, 0.5) is 0 Å². The van der Waals surface area contributed by atoms with Crippen LogP contribution in [0.15, 0.2) is 60.8 Å². The van der Waals surface area contributed by atoms with E-state index in [1.165, 1.54) is 5.56 Å². The molecule has 31 heavy (non-hydrogen) atoms. The lowest BCUT2D eigenvalue weighted by atomic mass is 10.0. The van der Waals surface area contributed by atoms with E-state index in [4.69, 9.17) is 4.74 Å². The molecule has 0 aliphatic rings. The second-order valence-corrected chi connectivity index (χ2v) is 8.20. The average molecular weight is 418 g/mol. The lowest BCUT2D eigenvalue weighted by Gasteiger charge is -2.05. The van der Waals surface area contributed by atoms with Gasteiger partial charge >= 0.3 is 5.97 Å². The third-order valence-electron chi connectivity index (χ3n) is 5.19. The van der Waals surface area contributed by atoms with Crippen LogP contribution in [0.3, 0.4) is 0 Å². The molecule has 1 aromatic heterocycles. The van der Waals surface area contributed by atoms with Gasteiger partial charge in [-0.1, -0.05) is 62.4 Å². The molecule has 3 rings (SSSR count). The SMILES string of the molecule is CCOC(=O)CCCn1cc(C(=O)C=Cc2ccc(CC(C)C)cc2)c2ccccc21. The van der Waals surface area contributed by atoms with E-state index in [1.807, 2.05) is 43.5 Å². The van der Waals surface area contributed by atoms with Gasteiger partial charge in [-0.2, -0.15) is 0 Å². The minimum absolute atomic E-state index is 0.0217. The van der Waals surface area contributed by atoms with Crippen LogP contribution >= 0.6 is 0 Å². The van der Waals surface area contributed by atoms with Crippen LogP contribution in [0.25, 0.3) is 17.0 Å². The smallest absolute Gasteiger partial charge is 0.305 e. The van der Waals surface area contributed by atoms with Crippen LogP contribution in [0, 0.1) is 5.92 Å². The van der Waals surface area contributed by atoms with E-state index >= 15 is 0 Å². The molecular formula is C27H31NO3. The number of carbonyl (C=O) groups excluding carboxylic acids is 2. The fraction of sp³-hybridized carbons (Fsp3) is 0.333. The summed E-state index contributed by atoms with van der Waals surface area (Å²) in [5.41, 5.74) is 4.00. The Morgan fingerprint density at radius 1 is 1.06 bits per heavy atom.